The molecule has 3 N–H and O–H groups in total. The number of aliphatic hydroxyl groups excluding tert-OH is 2. The van der Waals surface area contributed by atoms with E-state index in [9.17, 15) is 5.11 Å². The minimum Gasteiger partial charge on any atom is -0.493 e. The predicted molar refractivity (Wildman–Crippen MR) is 129 cm³/mol. The van der Waals surface area contributed by atoms with Crippen LogP contribution >= 0.6 is 11.6 Å². The molecule has 0 fully saturated rings. The van der Waals surface area contributed by atoms with Crippen molar-refractivity contribution in [2.45, 2.75) is 33.3 Å². The van der Waals surface area contributed by atoms with Gasteiger partial charge in [-0.05, 0) is 43.5 Å². The van der Waals surface area contributed by atoms with Crippen molar-refractivity contribution in [3.8, 4) is 34.3 Å². The molecular formula is C24H31ClN4O5. The molecule has 0 bridgehead atoms. The summed E-state index contributed by atoms with van der Waals surface area (Å²) in [5.74, 6) is 1.91. The van der Waals surface area contributed by atoms with Gasteiger partial charge >= 0.3 is 0 Å². The van der Waals surface area contributed by atoms with Gasteiger partial charge in [0.25, 0.3) is 5.89 Å². The van der Waals surface area contributed by atoms with Gasteiger partial charge in [0.15, 0.2) is 11.5 Å². The first-order valence-corrected chi connectivity index (χ1v) is 11.5. The van der Waals surface area contributed by atoms with Gasteiger partial charge in [-0.3, -0.25) is 4.98 Å². The second-order valence-electron chi connectivity index (χ2n) is 8.39. The molecule has 3 rings (SSSR count). The Morgan fingerprint density at radius 1 is 1.15 bits per heavy atom. The Labute approximate surface area is 204 Å². The molecule has 0 aliphatic carbocycles. The molecule has 0 aliphatic heterocycles. The van der Waals surface area contributed by atoms with Crippen LogP contribution in [0.2, 0.25) is 5.02 Å². The molecule has 34 heavy (non-hydrogen) atoms. The van der Waals surface area contributed by atoms with E-state index in [4.69, 9.17) is 30.7 Å². The fraction of sp³-hybridized carbons (Fsp3) is 0.458. The number of halogens is 1. The van der Waals surface area contributed by atoms with E-state index in [1.165, 1.54) is 7.11 Å². The number of hydrogen-bond donors (Lipinski definition) is 3. The second kappa shape index (κ2) is 12.1. The van der Waals surface area contributed by atoms with E-state index >= 15 is 0 Å². The lowest BCUT2D eigenvalue weighted by Crippen LogP contribution is -2.33. The molecule has 10 heteroatoms. The summed E-state index contributed by atoms with van der Waals surface area (Å²) in [5, 5.41) is 26.1. The highest BCUT2D eigenvalue weighted by molar-refractivity contribution is 6.32. The highest BCUT2D eigenvalue weighted by Gasteiger charge is 2.19. The van der Waals surface area contributed by atoms with Crippen LogP contribution in [0.5, 0.6) is 11.5 Å². The van der Waals surface area contributed by atoms with Crippen LogP contribution in [0.3, 0.4) is 0 Å². The molecule has 0 unspecified atom stereocenters. The molecule has 1 aromatic carbocycles. The van der Waals surface area contributed by atoms with Crippen molar-refractivity contribution >= 4 is 11.6 Å². The Balaban J connectivity index is 1.80. The Morgan fingerprint density at radius 3 is 2.65 bits per heavy atom. The standard InChI is InChI=1S/C24H31ClN4O5/c1-14(2)7-18-9-17(8-15(3)27-18)24-28-23(29-34-24)16-10-20(25)22(21(11-16)32-4)33-13-19(31)12-26-5-6-30/h8-11,14,19,26,30-31H,5-7,12-13H2,1-4H3/t19-/m1/s1. The van der Waals surface area contributed by atoms with E-state index in [0.717, 1.165) is 23.4 Å². The largest absolute Gasteiger partial charge is 0.493 e. The van der Waals surface area contributed by atoms with E-state index in [2.05, 4.69) is 34.3 Å². The third-order valence-corrected chi connectivity index (χ3v) is 5.15. The maximum Gasteiger partial charge on any atom is 0.258 e. The van der Waals surface area contributed by atoms with Crippen molar-refractivity contribution in [3.05, 3.63) is 40.7 Å². The third-order valence-electron chi connectivity index (χ3n) is 4.87. The van der Waals surface area contributed by atoms with Crippen molar-refractivity contribution in [3.63, 3.8) is 0 Å². The minimum atomic E-state index is -0.781. The molecule has 0 saturated carbocycles. The molecule has 2 aromatic heterocycles. The fourth-order valence-electron chi connectivity index (χ4n) is 3.42. The number of nitrogens with one attached hydrogen (secondary N) is 1. The van der Waals surface area contributed by atoms with Crippen LogP contribution in [0.25, 0.3) is 22.8 Å². The van der Waals surface area contributed by atoms with Gasteiger partial charge in [0.2, 0.25) is 5.82 Å². The average Bonchev–Trinajstić information content (AvgIpc) is 3.27. The number of nitrogens with zero attached hydrogens (tertiary/aromatic N) is 3. The molecular weight excluding hydrogens is 460 g/mol. The lowest BCUT2D eigenvalue weighted by Gasteiger charge is -2.16. The monoisotopic (exact) mass is 490 g/mol. The second-order valence-corrected chi connectivity index (χ2v) is 8.80. The molecule has 0 spiro atoms. The topological polar surface area (TPSA) is 123 Å². The van der Waals surface area contributed by atoms with Crippen molar-refractivity contribution < 1.29 is 24.2 Å². The lowest BCUT2D eigenvalue weighted by molar-refractivity contribution is 0.103. The smallest absolute Gasteiger partial charge is 0.258 e. The predicted octanol–water partition coefficient (Wildman–Crippen LogP) is 3.29. The summed E-state index contributed by atoms with van der Waals surface area (Å²) in [5.41, 5.74) is 3.27. The Bertz CT molecular complexity index is 1090. The number of aliphatic hydroxyl groups is 2. The number of hydrogen-bond acceptors (Lipinski definition) is 9. The molecule has 2 heterocycles. The molecule has 3 aromatic rings. The van der Waals surface area contributed by atoms with E-state index in [0.29, 0.717) is 41.2 Å². The van der Waals surface area contributed by atoms with Crippen molar-refractivity contribution in [1.29, 1.82) is 0 Å². The van der Waals surface area contributed by atoms with Crippen molar-refractivity contribution in [1.82, 2.24) is 20.4 Å². The molecule has 9 nitrogen and oxygen atoms in total. The molecule has 0 radical (unpaired) electrons. The summed E-state index contributed by atoms with van der Waals surface area (Å²) in [6.07, 6.45) is 0.0760. The SMILES string of the molecule is COc1cc(-c2noc(-c3cc(C)nc(CC(C)C)c3)n2)cc(Cl)c1OC[C@H](O)CNCCO. The van der Waals surface area contributed by atoms with E-state index in [1.54, 1.807) is 12.1 Å². The van der Waals surface area contributed by atoms with Crippen LogP contribution in [0, 0.1) is 12.8 Å². The average molecular weight is 491 g/mol. The number of methoxy groups -OCH3 is 1. The molecule has 0 saturated heterocycles. The fourth-order valence-corrected chi connectivity index (χ4v) is 3.68. The van der Waals surface area contributed by atoms with E-state index < -0.39 is 6.10 Å². The molecule has 0 amide bonds. The molecule has 1 atom stereocenters. The zero-order valence-electron chi connectivity index (χ0n) is 19.8. The normalized spacial score (nSPS) is 12.2. The first kappa shape index (κ1) is 25.9. The van der Waals surface area contributed by atoms with Crippen LogP contribution in [0.4, 0.5) is 0 Å². The highest BCUT2D eigenvalue weighted by Crippen LogP contribution is 2.39. The zero-order valence-corrected chi connectivity index (χ0v) is 20.6. The van der Waals surface area contributed by atoms with E-state index in [-0.39, 0.29) is 24.8 Å². The number of ether oxygens (including phenoxy) is 2. The number of benzene rings is 1. The Hall–Kier alpha value is -2.72. The Kier molecular flexibility index (Phi) is 9.23. The van der Waals surface area contributed by atoms with Crippen LogP contribution in [0.1, 0.15) is 25.2 Å². The van der Waals surface area contributed by atoms with Gasteiger partial charge in [0.1, 0.15) is 12.7 Å². The minimum absolute atomic E-state index is 0.000315. The van der Waals surface area contributed by atoms with Gasteiger partial charge < -0.3 is 29.5 Å². The third kappa shape index (κ3) is 6.89. The van der Waals surface area contributed by atoms with Crippen LogP contribution in [-0.2, 0) is 6.42 Å². The number of aryl methyl sites for hydroxylation is 1. The highest BCUT2D eigenvalue weighted by atomic mass is 35.5. The van der Waals surface area contributed by atoms with Crippen molar-refractivity contribution in [2.75, 3.05) is 33.4 Å². The number of rotatable bonds is 12. The van der Waals surface area contributed by atoms with Gasteiger partial charge in [0.05, 0.1) is 18.7 Å². The molecule has 184 valence electrons. The quantitative estimate of drug-likeness (QED) is 0.328. The first-order valence-electron chi connectivity index (χ1n) is 11.1. The van der Waals surface area contributed by atoms with E-state index in [1.807, 2.05) is 19.1 Å². The number of pyridine rings is 1. The maximum atomic E-state index is 10.0. The summed E-state index contributed by atoms with van der Waals surface area (Å²) in [7, 11) is 1.50. The van der Waals surface area contributed by atoms with Crippen molar-refractivity contribution in [2.24, 2.45) is 5.92 Å². The zero-order chi connectivity index (χ0) is 24.7. The summed E-state index contributed by atoms with van der Waals surface area (Å²) in [6, 6.07) is 7.24. The van der Waals surface area contributed by atoms with Crippen LogP contribution in [0.15, 0.2) is 28.8 Å². The van der Waals surface area contributed by atoms with Gasteiger partial charge in [-0.25, -0.2) is 0 Å². The summed E-state index contributed by atoms with van der Waals surface area (Å²) < 4.78 is 16.7. The lowest BCUT2D eigenvalue weighted by atomic mass is 10.1. The summed E-state index contributed by atoms with van der Waals surface area (Å²) in [4.78, 5) is 9.13. The first-order chi connectivity index (χ1) is 16.3. The van der Waals surface area contributed by atoms with Gasteiger partial charge in [-0.1, -0.05) is 30.6 Å². The maximum absolute atomic E-state index is 10.0. The van der Waals surface area contributed by atoms with Gasteiger partial charge in [-0.2, -0.15) is 4.98 Å². The van der Waals surface area contributed by atoms with Gasteiger partial charge in [-0.15, -0.1) is 0 Å². The van der Waals surface area contributed by atoms with Crippen LogP contribution in [-0.4, -0.2) is 64.9 Å². The number of aromatic nitrogens is 3. The van der Waals surface area contributed by atoms with Crippen LogP contribution < -0.4 is 14.8 Å². The summed E-state index contributed by atoms with van der Waals surface area (Å²) >= 11 is 6.46. The van der Waals surface area contributed by atoms with Gasteiger partial charge in [0, 0.05) is 35.6 Å². The Morgan fingerprint density at radius 2 is 1.94 bits per heavy atom. The summed E-state index contributed by atoms with van der Waals surface area (Å²) in [6.45, 7) is 6.89. The molecule has 0 aliphatic rings.